The van der Waals surface area contributed by atoms with E-state index in [1.54, 1.807) is 0 Å². The molecule has 2 heterocycles. The van der Waals surface area contributed by atoms with Crippen LogP contribution in [-0.4, -0.2) is 49.2 Å². The number of carbonyl (C=O) groups is 1. The monoisotopic (exact) mass is 292 g/mol. The van der Waals surface area contributed by atoms with Crippen molar-refractivity contribution in [3.8, 4) is 5.75 Å². The molecule has 8 heteroatoms. The van der Waals surface area contributed by atoms with E-state index in [-0.39, 0.29) is 23.3 Å². The number of aromatic hydroxyl groups is 1. The highest BCUT2D eigenvalue weighted by Gasteiger charge is 2.30. The quantitative estimate of drug-likeness (QED) is 0.869. The van der Waals surface area contributed by atoms with Crippen LogP contribution in [0.15, 0.2) is 24.4 Å². The van der Waals surface area contributed by atoms with Gasteiger partial charge in [0.15, 0.2) is 5.69 Å². The van der Waals surface area contributed by atoms with Gasteiger partial charge in [-0.15, -0.1) is 5.10 Å². The van der Waals surface area contributed by atoms with E-state index in [0.29, 0.717) is 25.2 Å². The molecule has 0 aliphatic carbocycles. The maximum Gasteiger partial charge on any atom is 0.358 e. The summed E-state index contributed by atoms with van der Waals surface area (Å²) in [6.07, 6.45) is 1.39. The lowest BCUT2D eigenvalue weighted by Gasteiger charge is -2.38. The zero-order valence-electron chi connectivity index (χ0n) is 11.0. The number of phenolic OH excluding ortho intramolecular Hbond substituents is 1. The molecule has 0 atom stereocenters. The maximum absolute atomic E-state index is 13.1. The Kier molecular flexibility index (Phi) is 3.30. The molecule has 1 fully saturated rings. The molecule has 3 rings (SSSR count). The molecule has 110 valence electrons. The predicted molar refractivity (Wildman–Crippen MR) is 69.4 cm³/mol. The van der Waals surface area contributed by atoms with E-state index in [4.69, 9.17) is 5.11 Å². The Bertz CT molecular complexity index is 682. The Morgan fingerprint density at radius 1 is 1.43 bits per heavy atom. The highest BCUT2D eigenvalue weighted by molar-refractivity contribution is 5.84. The van der Waals surface area contributed by atoms with Gasteiger partial charge in [0.1, 0.15) is 11.6 Å². The van der Waals surface area contributed by atoms with Crippen LogP contribution >= 0.6 is 0 Å². The summed E-state index contributed by atoms with van der Waals surface area (Å²) in [5.41, 5.74) is 0.439. The number of carboxylic acids is 1. The lowest BCUT2D eigenvalue weighted by Crippen LogP contribution is -2.47. The van der Waals surface area contributed by atoms with Crippen LogP contribution in [0.5, 0.6) is 5.75 Å². The molecule has 1 aromatic heterocycles. The Balaban J connectivity index is 1.60. The average molecular weight is 292 g/mol. The number of carboxylic acid groups (broad SMARTS) is 1. The van der Waals surface area contributed by atoms with E-state index < -0.39 is 5.97 Å². The first-order chi connectivity index (χ1) is 10.0. The minimum atomic E-state index is -1.11. The molecule has 1 aromatic carbocycles. The first-order valence-corrected chi connectivity index (χ1v) is 6.38. The first-order valence-electron chi connectivity index (χ1n) is 6.38. The lowest BCUT2D eigenvalue weighted by molar-refractivity contribution is 0.0690. The minimum absolute atomic E-state index is 0.0429. The Morgan fingerprint density at radius 3 is 2.86 bits per heavy atom. The van der Waals surface area contributed by atoms with Gasteiger partial charge >= 0.3 is 5.97 Å². The van der Waals surface area contributed by atoms with E-state index in [9.17, 15) is 14.3 Å². The standard InChI is InChI=1S/C13H13FN4O3/c14-9-1-2-12(19)8(3-9)4-17-5-10(6-17)18-7-11(13(20)21)15-16-18/h1-3,7,10,19H,4-6H2,(H,20,21). The van der Waals surface area contributed by atoms with Crippen molar-refractivity contribution in [2.24, 2.45) is 0 Å². The molecule has 7 nitrogen and oxygen atoms in total. The zero-order chi connectivity index (χ0) is 15.0. The van der Waals surface area contributed by atoms with Gasteiger partial charge in [-0.3, -0.25) is 4.90 Å². The third-order valence-corrected chi connectivity index (χ3v) is 3.48. The summed E-state index contributed by atoms with van der Waals surface area (Å²) in [6.45, 7) is 1.71. The zero-order valence-corrected chi connectivity index (χ0v) is 11.0. The summed E-state index contributed by atoms with van der Waals surface area (Å²) in [5, 5.41) is 25.8. The van der Waals surface area contributed by atoms with Gasteiger partial charge in [0.05, 0.1) is 12.2 Å². The van der Waals surface area contributed by atoms with Crippen LogP contribution in [0.1, 0.15) is 22.1 Å². The van der Waals surface area contributed by atoms with Gasteiger partial charge in [-0.1, -0.05) is 5.21 Å². The Hall–Kier alpha value is -2.48. The summed E-state index contributed by atoms with van der Waals surface area (Å²) in [7, 11) is 0. The Morgan fingerprint density at radius 2 is 2.19 bits per heavy atom. The van der Waals surface area contributed by atoms with Crippen molar-refractivity contribution in [2.75, 3.05) is 13.1 Å². The topological polar surface area (TPSA) is 91.5 Å². The van der Waals surface area contributed by atoms with E-state index in [1.165, 1.54) is 29.1 Å². The van der Waals surface area contributed by atoms with Crippen molar-refractivity contribution in [1.82, 2.24) is 19.9 Å². The number of likely N-dealkylation sites (tertiary alicyclic amines) is 1. The van der Waals surface area contributed by atoms with E-state index in [0.717, 1.165) is 0 Å². The molecule has 0 bridgehead atoms. The molecule has 2 N–H and O–H groups in total. The summed E-state index contributed by atoms with van der Waals surface area (Å²) < 4.78 is 14.7. The van der Waals surface area contributed by atoms with Gasteiger partial charge in [-0.05, 0) is 18.2 Å². The second-order valence-corrected chi connectivity index (χ2v) is 5.01. The number of aromatic nitrogens is 3. The van der Waals surface area contributed by atoms with Crippen LogP contribution in [0.2, 0.25) is 0 Å². The fourth-order valence-electron chi connectivity index (χ4n) is 2.31. The first kappa shape index (κ1) is 13.5. The number of hydrogen-bond acceptors (Lipinski definition) is 5. The van der Waals surface area contributed by atoms with Gasteiger partial charge in [-0.25, -0.2) is 13.9 Å². The van der Waals surface area contributed by atoms with Gasteiger partial charge in [0, 0.05) is 25.2 Å². The largest absolute Gasteiger partial charge is 0.508 e. The number of rotatable bonds is 4. The van der Waals surface area contributed by atoms with Gasteiger partial charge < -0.3 is 10.2 Å². The second kappa shape index (κ2) is 5.13. The molecule has 0 radical (unpaired) electrons. The summed E-state index contributed by atoms with van der Waals surface area (Å²) in [4.78, 5) is 12.7. The van der Waals surface area contributed by atoms with Crippen molar-refractivity contribution in [3.05, 3.63) is 41.5 Å². The predicted octanol–water partition coefficient (Wildman–Crippen LogP) is 0.878. The summed E-state index contributed by atoms with van der Waals surface area (Å²) >= 11 is 0. The molecular weight excluding hydrogens is 279 g/mol. The molecule has 1 aliphatic rings. The SMILES string of the molecule is O=C(O)c1cn(C2CN(Cc3cc(F)ccc3O)C2)nn1. The van der Waals surface area contributed by atoms with E-state index in [2.05, 4.69) is 10.3 Å². The normalized spacial score (nSPS) is 15.9. The third-order valence-electron chi connectivity index (χ3n) is 3.48. The molecule has 1 aliphatic heterocycles. The molecular formula is C13H13FN4O3. The highest BCUT2D eigenvalue weighted by Crippen LogP contribution is 2.26. The molecule has 0 spiro atoms. The molecule has 21 heavy (non-hydrogen) atoms. The molecule has 1 saturated heterocycles. The van der Waals surface area contributed by atoms with Crippen LogP contribution < -0.4 is 0 Å². The van der Waals surface area contributed by atoms with Crippen molar-refractivity contribution >= 4 is 5.97 Å². The van der Waals surface area contributed by atoms with Crippen LogP contribution in [0.4, 0.5) is 4.39 Å². The lowest BCUT2D eigenvalue weighted by atomic mass is 10.1. The fraction of sp³-hybridized carbons (Fsp3) is 0.308. The summed E-state index contributed by atoms with van der Waals surface area (Å²) in [6, 6.07) is 3.89. The average Bonchev–Trinajstić information content (AvgIpc) is 2.86. The van der Waals surface area contributed by atoms with E-state index >= 15 is 0 Å². The van der Waals surface area contributed by atoms with Crippen molar-refractivity contribution in [2.45, 2.75) is 12.6 Å². The van der Waals surface area contributed by atoms with Crippen molar-refractivity contribution in [1.29, 1.82) is 0 Å². The smallest absolute Gasteiger partial charge is 0.358 e. The van der Waals surface area contributed by atoms with Crippen molar-refractivity contribution < 1.29 is 19.4 Å². The van der Waals surface area contributed by atoms with Crippen LogP contribution in [-0.2, 0) is 6.54 Å². The number of hydrogen-bond donors (Lipinski definition) is 2. The second-order valence-electron chi connectivity index (χ2n) is 5.01. The third kappa shape index (κ3) is 2.70. The number of nitrogens with zero attached hydrogens (tertiary/aromatic N) is 4. The van der Waals surface area contributed by atoms with Crippen molar-refractivity contribution in [3.63, 3.8) is 0 Å². The number of aromatic carboxylic acids is 1. The van der Waals surface area contributed by atoms with Gasteiger partial charge in [-0.2, -0.15) is 0 Å². The molecule has 0 amide bonds. The number of halogens is 1. The highest BCUT2D eigenvalue weighted by atomic mass is 19.1. The van der Waals surface area contributed by atoms with Gasteiger partial charge in [0.2, 0.25) is 0 Å². The van der Waals surface area contributed by atoms with Crippen LogP contribution in [0.25, 0.3) is 0 Å². The van der Waals surface area contributed by atoms with Crippen LogP contribution in [0.3, 0.4) is 0 Å². The molecule has 0 unspecified atom stereocenters. The number of phenols is 1. The maximum atomic E-state index is 13.1. The number of benzene rings is 1. The Labute approximate surface area is 119 Å². The summed E-state index contributed by atoms with van der Waals surface area (Å²) in [5.74, 6) is -1.43. The molecule has 0 saturated carbocycles. The fourth-order valence-corrected chi connectivity index (χ4v) is 2.31. The van der Waals surface area contributed by atoms with Gasteiger partial charge in [0.25, 0.3) is 0 Å². The van der Waals surface area contributed by atoms with E-state index in [1.807, 2.05) is 4.90 Å². The molecule has 2 aromatic rings. The minimum Gasteiger partial charge on any atom is -0.508 e. The van der Waals surface area contributed by atoms with Crippen LogP contribution in [0, 0.1) is 5.82 Å².